The summed E-state index contributed by atoms with van der Waals surface area (Å²) in [7, 11) is -3.47. The van der Waals surface area contributed by atoms with Crippen LogP contribution in [0, 0.1) is 5.92 Å². The molecule has 0 spiro atoms. The SMILES string of the molecule is CC(NS(=O)(=O)N1CCCC(CN)C1)c1cccnc1. The van der Waals surface area contributed by atoms with Crippen molar-refractivity contribution >= 4 is 10.2 Å². The highest BCUT2D eigenvalue weighted by molar-refractivity contribution is 7.87. The number of aromatic nitrogens is 1. The van der Waals surface area contributed by atoms with E-state index < -0.39 is 10.2 Å². The Labute approximate surface area is 120 Å². The normalized spacial score (nSPS) is 22.6. The molecule has 0 bridgehead atoms. The summed E-state index contributed by atoms with van der Waals surface area (Å²) in [6.45, 7) is 3.42. The van der Waals surface area contributed by atoms with Crippen LogP contribution < -0.4 is 10.5 Å². The lowest BCUT2D eigenvalue weighted by Gasteiger charge is -2.32. The van der Waals surface area contributed by atoms with Crippen LogP contribution in [0.1, 0.15) is 31.4 Å². The van der Waals surface area contributed by atoms with Crippen LogP contribution in [0.15, 0.2) is 24.5 Å². The quantitative estimate of drug-likeness (QED) is 0.835. The molecule has 0 radical (unpaired) electrons. The van der Waals surface area contributed by atoms with Crippen molar-refractivity contribution < 1.29 is 8.42 Å². The van der Waals surface area contributed by atoms with Crippen molar-refractivity contribution in [2.75, 3.05) is 19.6 Å². The molecule has 2 unspecified atom stereocenters. The second kappa shape index (κ2) is 6.62. The van der Waals surface area contributed by atoms with Gasteiger partial charge in [0.25, 0.3) is 10.2 Å². The summed E-state index contributed by atoms with van der Waals surface area (Å²) in [5, 5.41) is 0. The van der Waals surface area contributed by atoms with Gasteiger partial charge in [0.2, 0.25) is 0 Å². The highest BCUT2D eigenvalue weighted by atomic mass is 32.2. The van der Waals surface area contributed by atoms with Crippen molar-refractivity contribution in [1.82, 2.24) is 14.0 Å². The second-order valence-corrected chi connectivity index (χ2v) is 6.94. The van der Waals surface area contributed by atoms with Gasteiger partial charge in [0.15, 0.2) is 0 Å². The first kappa shape index (κ1) is 15.4. The van der Waals surface area contributed by atoms with Crippen LogP contribution >= 0.6 is 0 Å². The van der Waals surface area contributed by atoms with E-state index in [0.717, 1.165) is 18.4 Å². The van der Waals surface area contributed by atoms with E-state index in [1.807, 2.05) is 13.0 Å². The van der Waals surface area contributed by atoms with Gasteiger partial charge in [0.1, 0.15) is 0 Å². The van der Waals surface area contributed by atoms with Crippen LogP contribution in [0.3, 0.4) is 0 Å². The molecule has 112 valence electrons. The minimum atomic E-state index is -3.47. The van der Waals surface area contributed by atoms with E-state index in [0.29, 0.717) is 19.6 Å². The summed E-state index contributed by atoms with van der Waals surface area (Å²) < 4.78 is 29.0. The van der Waals surface area contributed by atoms with E-state index in [9.17, 15) is 8.42 Å². The van der Waals surface area contributed by atoms with Gasteiger partial charge in [0, 0.05) is 31.5 Å². The first-order chi connectivity index (χ1) is 9.53. The number of hydrogen-bond acceptors (Lipinski definition) is 4. The minimum absolute atomic E-state index is 0.258. The van der Waals surface area contributed by atoms with Gasteiger partial charge in [-0.1, -0.05) is 6.07 Å². The third-order valence-corrected chi connectivity index (χ3v) is 5.33. The Kier molecular flexibility index (Phi) is 5.09. The van der Waals surface area contributed by atoms with Gasteiger partial charge in [-0.05, 0) is 43.9 Å². The monoisotopic (exact) mass is 298 g/mol. The molecule has 0 amide bonds. The molecule has 3 N–H and O–H groups in total. The molecule has 1 aromatic rings. The molecular formula is C13H22N4O2S. The number of piperidine rings is 1. The lowest BCUT2D eigenvalue weighted by Crippen LogP contribution is -2.47. The van der Waals surface area contributed by atoms with Crippen LogP contribution in [0.4, 0.5) is 0 Å². The van der Waals surface area contributed by atoms with Gasteiger partial charge >= 0.3 is 0 Å². The Morgan fingerprint density at radius 2 is 2.40 bits per heavy atom. The third-order valence-electron chi connectivity index (χ3n) is 3.67. The number of nitrogens with one attached hydrogen (secondary N) is 1. The van der Waals surface area contributed by atoms with E-state index in [1.165, 1.54) is 4.31 Å². The Hall–Kier alpha value is -1.02. The van der Waals surface area contributed by atoms with Gasteiger partial charge in [-0.25, -0.2) is 0 Å². The number of nitrogens with zero attached hydrogens (tertiary/aromatic N) is 2. The molecule has 2 heterocycles. The zero-order chi connectivity index (χ0) is 14.6. The second-order valence-electron chi connectivity index (χ2n) is 5.23. The maximum Gasteiger partial charge on any atom is 0.280 e. The van der Waals surface area contributed by atoms with Gasteiger partial charge in [-0.2, -0.15) is 17.4 Å². The molecule has 6 nitrogen and oxygen atoms in total. The van der Waals surface area contributed by atoms with E-state index in [1.54, 1.807) is 18.5 Å². The molecule has 2 rings (SSSR count). The van der Waals surface area contributed by atoms with Crippen molar-refractivity contribution in [1.29, 1.82) is 0 Å². The van der Waals surface area contributed by atoms with E-state index in [2.05, 4.69) is 9.71 Å². The smallest absolute Gasteiger partial charge is 0.280 e. The Balaban J connectivity index is 2.03. The maximum absolute atomic E-state index is 12.4. The molecule has 7 heteroatoms. The summed E-state index contributed by atoms with van der Waals surface area (Å²) in [5.41, 5.74) is 6.50. The minimum Gasteiger partial charge on any atom is -0.330 e. The van der Waals surface area contributed by atoms with Crippen LogP contribution in [0.2, 0.25) is 0 Å². The van der Waals surface area contributed by atoms with Crippen LogP contribution in [0.25, 0.3) is 0 Å². The first-order valence-electron chi connectivity index (χ1n) is 6.90. The summed E-state index contributed by atoms with van der Waals surface area (Å²) >= 11 is 0. The molecule has 0 aliphatic carbocycles. The predicted molar refractivity (Wildman–Crippen MR) is 78.1 cm³/mol. The number of hydrogen-bond donors (Lipinski definition) is 2. The molecular weight excluding hydrogens is 276 g/mol. The van der Waals surface area contributed by atoms with Crippen molar-refractivity contribution in [3.8, 4) is 0 Å². The predicted octanol–water partition coefficient (Wildman–Crippen LogP) is 0.648. The molecule has 1 aliphatic heterocycles. The summed E-state index contributed by atoms with van der Waals surface area (Å²) in [6.07, 6.45) is 5.21. The lowest BCUT2D eigenvalue weighted by molar-refractivity contribution is 0.267. The molecule has 1 aromatic heterocycles. The lowest BCUT2D eigenvalue weighted by atomic mass is 10.0. The third kappa shape index (κ3) is 3.76. The van der Waals surface area contributed by atoms with E-state index >= 15 is 0 Å². The standard InChI is InChI=1S/C13H22N4O2S/c1-11(13-5-2-6-15-9-13)16-20(18,19)17-7-3-4-12(8-14)10-17/h2,5-6,9,11-12,16H,3-4,7-8,10,14H2,1H3. The molecule has 20 heavy (non-hydrogen) atoms. The van der Waals surface area contributed by atoms with Crippen molar-refractivity contribution in [2.24, 2.45) is 11.7 Å². The van der Waals surface area contributed by atoms with Crippen molar-refractivity contribution in [3.63, 3.8) is 0 Å². The fraction of sp³-hybridized carbons (Fsp3) is 0.615. The zero-order valence-corrected chi connectivity index (χ0v) is 12.5. The van der Waals surface area contributed by atoms with Gasteiger partial charge in [-0.15, -0.1) is 0 Å². The number of rotatable bonds is 5. The molecule has 2 atom stereocenters. The van der Waals surface area contributed by atoms with Gasteiger partial charge < -0.3 is 5.73 Å². The summed E-state index contributed by atoms with van der Waals surface area (Å²) in [6, 6.07) is 3.36. The van der Waals surface area contributed by atoms with Crippen LogP contribution in [-0.2, 0) is 10.2 Å². The largest absolute Gasteiger partial charge is 0.330 e. The molecule has 1 saturated heterocycles. The van der Waals surface area contributed by atoms with Crippen molar-refractivity contribution in [2.45, 2.75) is 25.8 Å². The molecule has 1 fully saturated rings. The fourth-order valence-corrected chi connectivity index (χ4v) is 3.94. The average molecular weight is 298 g/mol. The molecule has 1 aliphatic rings. The van der Waals surface area contributed by atoms with Gasteiger partial charge in [-0.3, -0.25) is 4.98 Å². The topological polar surface area (TPSA) is 88.3 Å². The van der Waals surface area contributed by atoms with Gasteiger partial charge in [0.05, 0.1) is 0 Å². The van der Waals surface area contributed by atoms with E-state index in [-0.39, 0.29) is 12.0 Å². The number of nitrogens with two attached hydrogens (primary N) is 1. The summed E-state index contributed by atoms with van der Waals surface area (Å²) in [4.78, 5) is 4.01. The first-order valence-corrected chi connectivity index (χ1v) is 8.34. The Bertz CT molecular complexity index is 520. The molecule has 0 aromatic carbocycles. The summed E-state index contributed by atoms with van der Waals surface area (Å²) in [5.74, 6) is 0.258. The van der Waals surface area contributed by atoms with Crippen LogP contribution in [0.5, 0.6) is 0 Å². The number of pyridine rings is 1. The highest BCUT2D eigenvalue weighted by Crippen LogP contribution is 2.19. The molecule has 0 saturated carbocycles. The fourth-order valence-electron chi connectivity index (χ4n) is 2.44. The average Bonchev–Trinajstić information content (AvgIpc) is 2.48. The zero-order valence-electron chi connectivity index (χ0n) is 11.7. The van der Waals surface area contributed by atoms with Crippen LogP contribution in [-0.4, -0.2) is 37.3 Å². The Morgan fingerprint density at radius 1 is 1.60 bits per heavy atom. The maximum atomic E-state index is 12.4. The van der Waals surface area contributed by atoms with E-state index in [4.69, 9.17) is 5.73 Å². The Morgan fingerprint density at radius 3 is 3.05 bits per heavy atom. The van der Waals surface area contributed by atoms with Crippen molar-refractivity contribution in [3.05, 3.63) is 30.1 Å². The highest BCUT2D eigenvalue weighted by Gasteiger charge is 2.29.